The third kappa shape index (κ3) is 5.08. The number of nitriles is 1. The molecule has 5 heterocycles. The Morgan fingerprint density at radius 1 is 1.23 bits per heavy atom. The normalized spacial score (nSPS) is 21.8. The van der Waals surface area contributed by atoms with Crippen LogP contribution in [0.3, 0.4) is 0 Å². The highest BCUT2D eigenvalue weighted by molar-refractivity contribution is 6.00. The number of hydrazine groups is 1. The minimum Gasteiger partial charge on any atom is -0.363 e. The van der Waals surface area contributed by atoms with Crippen molar-refractivity contribution in [3.63, 3.8) is 0 Å². The van der Waals surface area contributed by atoms with Crippen molar-refractivity contribution in [2.24, 2.45) is 4.99 Å². The number of likely N-dealkylation sites (N-methyl/N-ethyl adjacent to an activating group) is 1. The molecule has 0 saturated carbocycles. The number of carbonyl (C=O) groups excluding carboxylic acids is 1. The number of fused-ring (bicyclic) bond motifs is 1. The predicted molar refractivity (Wildman–Crippen MR) is 153 cm³/mol. The van der Waals surface area contributed by atoms with Crippen LogP contribution in [0, 0.1) is 11.3 Å². The Hall–Kier alpha value is -4.14. The lowest BCUT2D eigenvalue weighted by molar-refractivity contribution is -0.132. The van der Waals surface area contributed by atoms with Crippen LogP contribution in [0.1, 0.15) is 24.5 Å². The van der Waals surface area contributed by atoms with Gasteiger partial charge in [-0.2, -0.15) is 15.8 Å². The Bertz CT molecular complexity index is 1390. The van der Waals surface area contributed by atoms with Crippen molar-refractivity contribution in [3.8, 4) is 6.07 Å². The van der Waals surface area contributed by atoms with E-state index in [-0.39, 0.29) is 17.7 Å². The first-order chi connectivity index (χ1) is 19.5. The molecule has 4 aliphatic heterocycles. The summed E-state index contributed by atoms with van der Waals surface area (Å²) in [6, 6.07) is 10.4. The molecule has 1 aromatic heterocycles. The average Bonchev–Trinajstić information content (AvgIpc) is 3.58. The van der Waals surface area contributed by atoms with E-state index < -0.39 is 0 Å². The van der Waals surface area contributed by atoms with Gasteiger partial charge in [-0.15, -0.1) is 0 Å². The number of aromatic nitrogens is 2. The molecule has 208 valence electrons. The summed E-state index contributed by atoms with van der Waals surface area (Å²) in [7, 11) is 2.09. The van der Waals surface area contributed by atoms with Crippen molar-refractivity contribution in [2.75, 3.05) is 51.6 Å². The third-order valence-electron chi connectivity index (χ3n) is 8.15. The molecule has 6 rings (SSSR count). The Balaban J connectivity index is 1.11. The molecule has 2 saturated heterocycles. The molecular weight excluding hydrogens is 504 g/mol. The predicted octanol–water partition coefficient (Wildman–Crippen LogP) is 1.71. The second-order valence-electron chi connectivity index (χ2n) is 11.0. The van der Waals surface area contributed by atoms with E-state index in [9.17, 15) is 10.1 Å². The highest BCUT2D eigenvalue weighted by Crippen LogP contribution is 2.36. The molecule has 4 aliphatic rings. The third-order valence-corrected chi connectivity index (χ3v) is 8.15. The molecule has 0 aliphatic carbocycles. The molecule has 1 unspecified atom stereocenters. The van der Waals surface area contributed by atoms with Crippen LogP contribution in [0.4, 0.5) is 5.69 Å². The zero-order chi connectivity index (χ0) is 27.7. The maximum atomic E-state index is 12.8. The van der Waals surface area contributed by atoms with Crippen molar-refractivity contribution in [3.05, 3.63) is 71.8 Å². The largest absolute Gasteiger partial charge is 0.363 e. The summed E-state index contributed by atoms with van der Waals surface area (Å²) < 4.78 is 1.98. The highest BCUT2D eigenvalue weighted by atomic mass is 16.2. The zero-order valence-electron chi connectivity index (χ0n) is 23.1. The summed E-state index contributed by atoms with van der Waals surface area (Å²) in [5.41, 5.74) is 7.14. The monoisotopic (exact) mass is 540 g/mol. The summed E-state index contributed by atoms with van der Waals surface area (Å²) in [6.45, 7) is 6.90. The molecular formula is C29H36N10O. The van der Waals surface area contributed by atoms with Gasteiger partial charge in [0.05, 0.1) is 30.8 Å². The van der Waals surface area contributed by atoms with Gasteiger partial charge in [0.25, 0.3) is 0 Å². The van der Waals surface area contributed by atoms with E-state index in [4.69, 9.17) is 4.99 Å². The second-order valence-corrected chi connectivity index (χ2v) is 11.0. The fraction of sp³-hybridized carbons (Fsp3) is 0.448. The average molecular weight is 541 g/mol. The quantitative estimate of drug-likeness (QED) is 0.521. The van der Waals surface area contributed by atoms with E-state index in [1.807, 2.05) is 57.3 Å². The lowest BCUT2D eigenvalue weighted by Gasteiger charge is -2.51. The SMILES string of the molecule is CCc1cnn(C2(CC#N)CN(C3=CC=CN4NC(Nc5cccc(CC(=O)N6CCN(C)CC6)c5)N=C34)C2)c1. The first-order valence-electron chi connectivity index (χ1n) is 14.0. The number of carbonyl (C=O) groups is 1. The fourth-order valence-electron chi connectivity index (χ4n) is 5.71. The second kappa shape index (κ2) is 10.8. The van der Waals surface area contributed by atoms with E-state index in [0.29, 0.717) is 25.9 Å². The minimum atomic E-state index is -0.354. The number of nitrogens with zero attached hydrogens (tertiary/aromatic N) is 8. The number of aryl methyl sites for hydroxylation is 1. The van der Waals surface area contributed by atoms with Crippen molar-refractivity contribution in [1.82, 2.24) is 34.9 Å². The van der Waals surface area contributed by atoms with Crippen LogP contribution in [-0.2, 0) is 23.2 Å². The van der Waals surface area contributed by atoms with Crippen LogP contribution in [0.25, 0.3) is 0 Å². The molecule has 1 amide bonds. The molecule has 0 bridgehead atoms. The van der Waals surface area contributed by atoms with Gasteiger partial charge in [0, 0.05) is 57.4 Å². The van der Waals surface area contributed by atoms with E-state index in [1.54, 1.807) is 0 Å². The highest BCUT2D eigenvalue weighted by Gasteiger charge is 2.48. The molecule has 0 radical (unpaired) electrons. The number of nitrogens with one attached hydrogen (secondary N) is 2. The lowest BCUT2D eigenvalue weighted by atomic mass is 9.86. The van der Waals surface area contributed by atoms with Gasteiger partial charge < -0.3 is 20.0 Å². The summed E-state index contributed by atoms with van der Waals surface area (Å²) >= 11 is 0. The Morgan fingerprint density at radius 2 is 2.05 bits per heavy atom. The first-order valence-corrected chi connectivity index (χ1v) is 14.0. The number of rotatable bonds is 8. The molecule has 2 fully saturated rings. The number of amides is 1. The van der Waals surface area contributed by atoms with E-state index >= 15 is 0 Å². The van der Waals surface area contributed by atoms with Gasteiger partial charge in [-0.05, 0) is 48.9 Å². The molecule has 2 N–H and O–H groups in total. The van der Waals surface area contributed by atoms with Gasteiger partial charge in [-0.1, -0.05) is 19.1 Å². The number of hydrogen-bond acceptors (Lipinski definition) is 9. The minimum absolute atomic E-state index is 0.171. The number of hydrogen-bond donors (Lipinski definition) is 2. The number of amidine groups is 1. The fourth-order valence-corrected chi connectivity index (χ4v) is 5.71. The van der Waals surface area contributed by atoms with E-state index in [1.165, 1.54) is 5.56 Å². The van der Waals surface area contributed by atoms with Crippen molar-refractivity contribution >= 4 is 17.4 Å². The number of allylic oxidation sites excluding steroid dienone is 2. The molecule has 0 spiro atoms. The number of anilines is 1. The topological polar surface area (TPSA) is 108 Å². The van der Waals surface area contributed by atoms with Crippen LogP contribution in [0.5, 0.6) is 0 Å². The number of piperazine rings is 1. The van der Waals surface area contributed by atoms with Crippen LogP contribution in [0.15, 0.2) is 65.7 Å². The maximum absolute atomic E-state index is 12.8. The molecule has 2 aromatic rings. The van der Waals surface area contributed by atoms with Gasteiger partial charge in [0.2, 0.25) is 5.91 Å². The van der Waals surface area contributed by atoms with Crippen molar-refractivity contribution in [1.29, 1.82) is 5.26 Å². The number of benzene rings is 1. The summed E-state index contributed by atoms with van der Waals surface area (Å²) in [5, 5.41) is 19.5. The van der Waals surface area contributed by atoms with Crippen molar-refractivity contribution < 1.29 is 4.79 Å². The van der Waals surface area contributed by atoms with Crippen LogP contribution >= 0.6 is 0 Å². The van der Waals surface area contributed by atoms with Crippen LogP contribution in [-0.4, -0.2) is 93.8 Å². The van der Waals surface area contributed by atoms with E-state index in [0.717, 1.165) is 55.4 Å². The van der Waals surface area contributed by atoms with Gasteiger partial charge in [0.1, 0.15) is 5.54 Å². The lowest BCUT2D eigenvalue weighted by Crippen LogP contribution is -2.63. The zero-order valence-corrected chi connectivity index (χ0v) is 23.1. The first kappa shape index (κ1) is 26.1. The van der Waals surface area contributed by atoms with Crippen molar-refractivity contribution in [2.45, 2.75) is 38.0 Å². The summed E-state index contributed by atoms with van der Waals surface area (Å²) in [6.07, 6.45) is 11.4. The van der Waals surface area contributed by atoms with Crippen LogP contribution in [0.2, 0.25) is 0 Å². The Kier molecular flexibility index (Phi) is 7.04. The molecule has 1 atom stereocenters. The number of likely N-dealkylation sites (tertiary alicyclic amines) is 1. The van der Waals surface area contributed by atoms with Gasteiger partial charge >= 0.3 is 0 Å². The summed E-state index contributed by atoms with van der Waals surface area (Å²) in [5.74, 6) is 1.01. The maximum Gasteiger partial charge on any atom is 0.227 e. The summed E-state index contributed by atoms with van der Waals surface area (Å²) in [4.78, 5) is 24.2. The molecule has 11 nitrogen and oxygen atoms in total. The van der Waals surface area contributed by atoms with Crippen LogP contribution < -0.4 is 10.7 Å². The van der Waals surface area contributed by atoms with Gasteiger partial charge in [-0.25, -0.2) is 4.99 Å². The van der Waals surface area contributed by atoms with Gasteiger partial charge in [-0.3, -0.25) is 14.5 Å². The standard InChI is InChI=1S/C29H36N10O/c1-3-22-18-31-39(19-22)29(9-10-30)20-37(21-29)25-8-5-11-38-27(25)33-28(34-38)32-24-7-4-6-23(16-24)17-26(40)36-14-12-35(2)13-15-36/h4-8,11,16,18-19,28,32,34H,3,9,12-15,17,20-21H2,1-2H3. The molecule has 40 heavy (non-hydrogen) atoms. The number of aliphatic imine (C=N–C) groups is 1. The Labute approximate surface area is 235 Å². The molecule has 1 aromatic carbocycles. The Morgan fingerprint density at radius 3 is 2.80 bits per heavy atom. The smallest absolute Gasteiger partial charge is 0.227 e. The van der Waals surface area contributed by atoms with Gasteiger partial charge in [0.15, 0.2) is 12.1 Å². The van der Waals surface area contributed by atoms with E-state index in [2.05, 4.69) is 58.0 Å². The molecule has 11 heteroatoms.